The van der Waals surface area contributed by atoms with Crippen molar-refractivity contribution >= 4 is 11.4 Å². The number of fused-ring (bicyclic) bond motifs is 5. The molecule has 0 amide bonds. The van der Waals surface area contributed by atoms with Crippen molar-refractivity contribution in [3.05, 3.63) is 81.8 Å². The van der Waals surface area contributed by atoms with Gasteiger partial charge in [0.05, 0.1) is 22.1 Å². The molecule has 5 rings (SSSR count). The maximum absolute atomic E-state index is 4.67. The first-order valence-corrected chi connectivity index (χ1v) is 6.53. The van der Waals surface area contributed by atoms with Gasteiger partial charge in [-0.3, -0.25) is 0 Å². The van der Waals surface area contributed by atoms with Crippen LogP contribution in [0.5, 0.6) is 0 Å². The molecular weight excluding hydrogens is 244 g/mol. The molecule has 0 atom stereocenters. The molecule has 0 aliphatic carbocycles. The van der Waals surface area contributed by atoms with E-state index in [-0.39, 0.29) is 0 Å². The summed E-state index contributed by atoms with van der Waals surface area (Å²) in [6.07, 6.45) is 0. The van der Waals surface area contributed by atoms with E-state index in [2.05, 4.69) is 40.3 Å². The van der Waals surface area contributed by atoms with E-state index in [4.69, 9.17) is 0 Å². The van der Waals surface area contributed by atoms with Crippen LogP contribution in [0, 0.1) is 22.6 Å². The lowest BCUT2D eigenvalue weighted by Gasteiger charge is -1.98. The molecule has 0 spiro atoms. The quantitative estimate of drug-likeness (QED) is 0.405. The normalized spacial score (nSPS) is 12.8. The van der Waals surface area contributed by atoms with Crippen LogP contribution in [-0.2, 0) is 0 Å². The van der Waals surface area contributed by atoms with Gasteiger partial charge >= 0.3 is 0 Å². The predicted octanol–water partition coefficient (Wildman–Crippen LogP) is 2.77. The van der Waals surface area contributed by atoms with Crippen LogP contribution in [0.25, 0.3) is 11.1 Å². The van der Waals surface area contributed by atoms with Crippen LogP contribution in [0.3, 0.4) is 0 Å². The molecule has 0 unspecified atom stereocenters. The molecular formula is C18H8N2. The maximum Gasteiger partial charge on any atom is 0.0795 e. The van der Waals surface area contributed by atoms with Crippen molar-refractivity contribution in [2.24, 2.45) is 9.98 Å². The standard InChI is InChI=1S/C18H8N2/c1-3-7-15-11(5-1)13-9-14-12-6-2-4-8-16(12)20-18(14)10-17(13)19-15/h1,3-6,8-10H. The van der Waals surface area contributed by atoms with E-state index in [1.165, 1.54) is 10.8 Å². The van der Waals surface area contributed by atoms with Crippen molar-refractivity contribution < 1.29 is 0 Å². The molecule has 2 nitrogen and oxygen atoms in total. The van der Waals surface area contributed by atoms with Gasteiger partial charge in [0.15, 0.2) is 0 Å². The Morgan fingerprint density at radius 3 is 2.85 bits per heavy atom. The fourth-order valence-electron chi connectivity index (χ4n) is 2.92. The van der Waals surface area contributed by atoms with Crippen molar-refractivity contribution in [1.29, 1.82) is 0 Å². The zero-order chi connectivity index (χ0) is 13.1. The van der Waals surface area contributed by atoms with Crippen molar-refractivity contribution in [2.45, 2.75) is 0 Å². The molecule has 0 N–H and O–H groups in total. The van der Waals surface area contributed by atoms with Crippen molar-refractivity contribution in [2.75, 3.05) is 0 Å². The summed E-state index contributed by atoms with van der Waals surface area (Å²) in [5.41, 5.74) is 4.24. The van der Waals surface area contributed by atoms with Crippen LogP contribution in [0.15, 0.2) is 58.5 Å². The Balaban J connectivity index is 1.98. The van der Waals surface area contributed by atoms with Gasteiger partial charge in [-0.15, -0.1) is 0 Å². The Morgan fingerprint density at radius 1 is 0.850 bits per heavy atom. The Bertz CT molecular complexity index is 1090. The molecule has 20 heavy (non-hydrogen) atoms. The minimum absolute atomic E-state index is 0.922. The van der Waals surface area contributed by atoms with E-state index >= 15 is 0 Å². The molecule has 2 aliphatic heterocycles. The first kappa shape index (κ1) is 10.1. The van der Waals surface area contributed by atoms with Gasteiger partial charge < -0.3 is 0 Å². The van der Waals surface area contributed by atoms with E-state index in [0.717, 1.165) is 32.9 Å². The summed E-state index contributed by atoms with van der Waals surface area (Å²) in [7, 11) is 0. The zero-order valence-electron chi connectivity index (χ0n) is 10.5. The molecule has 2 aliphatic rings. The Morgan fingerprint density at radius 2 is 1.85 bits per heavy atom. The van der Waals surface area contributed by atoms with Crippen LogP contribution in [0.4, 0.5) is 11.4 Å². The monoisotopic (exact) mass is 252 g/mol. The molecule has 0 aromatic heterocycles. The molecule has 0 fully saturated rings. The third kappa shape index (κ3) is 1.18. The number of nitrogens with zero attached hydrogens (tertiary/aromatic N) is 2. The summed E-state index contributed by atoms with van der Waals surface area (Å²) in [6.45, 7) is 0. The first-order valence-electron chi connectivity index (χ1n) is 6.53. The lowest BCUT2D eigenvalue weighted by molar-refractivity contribution is 1.35. The third-order valence-electron chi connectivity index (χ3n) is 3.84. The van der Waals surface area contributed by atoms with Gasteiger partial charge in [-0.05, 0) is 30.3 Å². The van der Waals surface area contributed by atoms with Crippen LogP contribution in [-0.4, -0.2) is 0 Å². The Labute approximate surface area is 115 Å². The van der Waals surface area contributed by atoms with Gasteiger partial charge in [0.1, 0.15) is 0 Å². The van der Waals surface area contributed by atoms with Gasteiger partial charge in [0.25, 0.3) is 0 Å². The average Bonchev–Trinajstić information content (AvgIpc) is 3.02. The highest BCUT2D eigenvalue weighted by Crippen LogP contribution is 2.33. The highest BCUT2D eigenvalue weighted by molar-refractivity contribution is 5.79. The van der Waals surface area contributed by atoms with Crippen molar-refractivity contribution in [3.8, 4) is 11.1 Å². The Kier molecular flexibility index (Phi) is 1.73. The number of para-hydroxylation sites is 1. The van der Waals surface area contributed by atoms with E-state index < -0.39 is 0 Å². The van der Waals surface area contributed by atoms with Gasteiger partial charge in [0, 0.05) is 27.6 Å². The smallest absolute Gasteiger partial charge is 0.0795 e. The largest absolute Gasteiger partial charge is 0.248 e. The van der Waals surface area contributed by atoms with Gasteiger partial charge in [-0.25, -0.2) is 9.98 Å². The molecule has 0 bridgehead atoms. The topological polar surface area (TPSA) is 24.7 Å². The Hall–Kier alpha value is -2.74. The van der Waals surface area contributed by atoms with Gasteiger partial charge in [0.2, 0.25) is 0 Å². The molecule has 0 saturated carbocycles. The van der Waals surface area contributed by atoms with Crippen LogP contribution >= 0.6 is 0 Å². The maximum atomic E-state index is 4.67. The number of hydrogen-bond acceptors (Lipinski definition) is 2. The van der Waals surface area contributed by atoms with Crippen LogP contribution < -0.4 is 10.7 Å². The van der Waals surface area contributed by atoms with E-state index in [9.17, 15) is 0 Å². The molecule has 0 saturated heterocycles. The van der Waals surface area contributed by atoms with Crippen LogP contribution in [0.2, 0.25) is 0 Å². The molecule has 2 heteroatoms. The lowest BCUT2D eigenvalue weighted by atomic mass is 10.0. The summed E-state index contributed by atoms with van der Waals surface area (Å²) in [5.74, 6) is 0. The fourth-order valence-corrected chi connectivity index (χ4v) is 2.92. The summed E-state index contributed by atoms with van der Waals surface area (Å²) >= 11 is 0. The van der Waals surface area contributed by atoms with Crippen LogP contribution in [0.1, 0.15) is 0 Å². The fraction of sp³-hybridized carbons (Fsp3) is 0. The minimum atomic E-state index is 0.922. The van der Waals surface area contributed by atoms with Crippen molar-refractivity contribution in [1.82, 2.24) is 0 Å². The second kappa shape index (κ2) is 3.42. The molecule has 3 aromatic rings. The summed E-state index contributed by atoms with van der Waals surface area (Å²) in [5, 5.41) is 4.32. The van der Waals surface area contributed by atoms with Crippen molar-refractivity contribution in [3.63, 3.8) is 0 Å². The SMILES string of the molecule is [c]1ccc2c(c1)=c1cc3c(cc1N=2)=Nc1[c]cccc1-3. The third-order valence-corrected chi connectivity index (χ3v) is 3.84. The summed E-state index contributed by atoms with van der Waals surface area (Å²) in [4.78, 5) is 9.30. The highest BCUT2D eigenvalue weighted by Gasteiger charge is 2.15. The average molecular weight is 252 g/mol. The zero-order valence-corrected chi connectivity index (χ0v) is 10.5. The second-order valence-electron chi connectivity index (χ2n) is 4.99. The van der Waals surface area contributed by atoms with Gasteiger partial charge in [-0.2, -0.15) is 0 Å². The second-order valence-corrected chi connectivity index (χ2v) is 4.99. The first-order chi connectivity index (χ1) is 9.90. The molecule has 2 radical (unpaired) electrons. The van der Waals surface area contributed by atoms with E-state index in [1.54, 1.807) is 0 Å². The number of benzene rings is 3. The lowest BCUT2D eigenvalue weighted by Crippen LogP contribution is -1.99. The van der Waals surface area contributed by atoms with E-state index in [1.807, 2.05) is 30.3 Å². The minimum Gasteiger partial charge on any atom is -0.248 e. The molecule has 90 valence electrons. The number of rotatable bonds is 0. The molecule has 3 aromatic carbocycles. The van der Waals surface area contributed by atoms with Gasteiger partial charge in [-0.1, -0.05) is 24.3 Å². The highest BCUT2D eigenvalue weighted by atomic mass is 14.8. The summed E-state index contributed by atoms with van der Waals surface area (Å²) in [6, 6.07) is 22.5. The predicted molar refractivity (Wildman–Crippen MR) is 75.3 cm³/mol. The summed E-state index contributed by atoms with van der Waals surface area (Å²) < 4.78 is 0. The van der Waals surface area contributed by atoms with E-state index in [0.29, 0.717) is 0 Å². The number of hydrogen-bond donors (Lipinski definition) is 0. The molecule has 2 heterocycles.